The Morgan fingerprint density at radius 3 is 2.26 bits per heavy atom. The molecule has 0 aliphatic carbocycles. The van der Waals surface area contributed by atoms with Crippen LogP contribution in [0.25, 0.3) is 0 Å². The van der Waals surface area contributed by atoms with Gasteiger partial charge in [0.05, 0.1) is 6.34 Å². The highest BCUT2D eigenvalue weighted by molar-refractivity contribution is 6.06. The summed E-state index contributed by atoms with van der Waals surface area (Å²) in [5, 5.41) is 28.0. The Labute approximate surface area is 202 Å². The molecule has 0 saturated carbocycles. The maximum atomic E-state index is 13.2. The summed E-state index contributed by atoms with van der Waals surface area (Å²) in [4.78, 5) is 22.7. The summed E-state index contributed by atoms with van der Waals surface area (Å²) in [5.74, 6) is 1.06. The topological polar surface area (TPSA) is 128 Å². The Kier molecular flexibility index (Phi) is 11.3. The molecule has 0 radical (unpaired) electrons. The highest BCUT2D eigenvalue weighted by Crippen LogP contribution is 2.29. The number of nitrogens with one attached hydrogen (secondary N) is 2. The highest BCUT2D eigenvalue weighted by Gasteiger charge is 2.32. The maximum Gasteiger partial charge on any atom is 0.330 e. The number of nitrogens with zero attached hydrogens (tertiary/aromatic N) is 4. The summed E-state index contributed by atoms with van der Waals surface area (Å²) in [7, 11) is 0. The Morgan fingerprint density at radius 1 is 1.09 bits per heavy atom. The molecule has 1 fully saturated rings. The lowest BCUT2D eigenvalue weighted by Gasteiger charge is -2.24. The molecule has 4 N–H and O–H groups in total. The van der Waals surface area contributed by atoms with E-state index in [0.29, 0.717) is 30.5 Å². The lowest BCUT2D eigenvalue weighted by atomic mass is 9.97. The second kappa shape index (κ2) is 13.4. The number of hydrogen-bond acceptors (Lipinski definition) is 6. The van der Waals surface area contributed by atoms with Crippen molar-refractivity contribution in [2.45, 2.75) is 60.4 Å². The zero-order chi connectivity index (χ0) is 26.0. The summed E-state index contributed by atoms with van der Waals surface area (Å²) < 4.78 is 0. The van der Waals surface area contributed by atoms with Gasteiger partial charge in [-0.1, -0.05) is 39.8 Å². The normalized spacial score (nSPS) is 12.7. The number of carbonyl (C=O) groups is 1. The molecule has 1 saturated heterocycles. The molecule has 2 aromatic rings. The molecule has 0 spiro atoms. The van der Waals surface area contributed by atoms with Crippen molar-refractivity contribution >= 4 is 29.7 Å². The summed E-state index contributed by atoms with van der Waals surface area (Å²) in [6.07, 6.45) is 1.13. The van der Waals surface area contributed by atoms with Gasteiger partial charge in [0.15, 0.2) is 5.84 Å². The molecular formula is C25H38N6O3. The van der Waals surface area contributed by atoms with Gasteiger partial charge in [-0.25, -0.2) is 9.78 Å². The number of aromatic nitrogens is 1. The minimum absolute atomic E-state index is 0.0268. The van der Waals surface area contributed by atoms with E-state index in [4.69, 9.17) is 21.3 Å². The zero-order valence-electron chi connectivity index (χ0n) is 21.2. The van der Waals surface area contributed by atoms with E-state index in [2.05, 4.69) is 37.9 Å². The van der Waals surface area contributed by atoms with E-state index in [1.807, 2.05) is 33.8 Å². The van der Waals surface area contributed by atoms with Crippen molar-refractivity contribution in [3.05, 3.63) is 53.2 Å². The predicted molar refractivity (Wildman–Crippen MR) is 139 cm³/mol. The van der Waals surface area contributed by atoms with Crippen molar-refractivity contribution in [1.29, 1.82) is 10.8 Å². The lowest BCUT2D eigenvalue weighted by Crippen LogP contribution is -2.36. The molecule has 2 heterocycles. The Balaban J connectivity index is 0.00000137. The van der Waals surface area contributed by atoms with E-state index in [1.165, 1.54) is 16.0 Å². The van der Waals surface area contributed by atoms with Gasteiger partial charge in [0.2, 0.25) is 0 Å². The van der Waals surface area contributed by atoms with Crippen molar-refractivity contribution < 1.29 is 15.3 Å². The Morgan fingerprint density at radius 2 is 1.71 bits per heavy atom. The van der Waals surface area contributed by atoms with Crippen molar-refractivity contribution in [1.82, 2.24) is 9.88 Å². The number of anilines is 2. The molecule has 9 heteroatoms. The van der Waals surface area contributed by atoms with Crippen molar-refractivity contribution in [2.24, 2.45) is 0 Å². The maximum absolute atomic E-state index is 13.2. The van der Waals surface area contributed by atoms with Crippen LogP contribution in [-0.4, -0.2) is 57.7 Å². The Hall–Kier alpha value is -3.30. The molecule has 0 atom stereocenters. The number of carbonyl (C=O) groups excluding carboxylic acids is 1. The second-order valence-electron chi connectivity index (χ2n) is 8.14. The minimum Gasteiger partial charge on any atom is -0.314 e. The first kappa shape index (κ1) is 28.7. The summed E-state index contributed by atoms with van der Waals surface area (Å²) in [6, 6.07) is 11.3. The van der Waals surface area contributed by atoms with E-state index >= 15 is 0 Å². The van der Waals surface area contributed by atoms with Gasteiger partial charge < -0.3 is 4.90 Å². The summed E-state index contributed by atoms with van der Waals surface area (Å²) in [6.45, 7) is 15.4. The van der Waals surface area contributed by atoms with Crippen LogP contribution in [0.4, 0.5) is 16.3 Å². The average molecular weight is 471 g/mol. The van der Waals surface area contributed by atoms with Gasteiger partial charge in [0.25, 0.3) is 0 Å². The van der Waals surface area contributed by atoms with Crippen LogP contribution in [0.2, 0.25) is 0 Å². The summed E-state index contributed by atoms with van der Waals surface area (Å²) in [5.41, 5.74) is 3.81. The second-order valence-corrected chi connectivity index (χ2v) is 8.14. The van der Waals surface area contributed by atoms with Gasteiger partial charge >= 0.3 is 6.03 Å². The van der Waals surface area contributed by atoms with Crippen molar-refractivity contribution in [2.75, 3.05) is 22.9 Å². The first-order valence-corrected chi connectivity index (χ1v) is 11.5. The molecule has 0 unspecified atom stereocenters. The van der Waals surface area contributed by atoms with Crippen LogP contribution in [0.5, 0.6) is 0 Å². The minimum atomic E-state index is -0.113. The van der Waals surface area contributed by atoms with Gasteiger partial charge in [-0.2, -0.15) is 0 Å². The fraction of sp³-hybridized carbons (Fsp3) is 0.440. The van der Waals surface area contributed by atoms with Crippen LogP contribution in [0.15, 0.2) is 36.4 Å². The van der Waals surface area contributed by atoms with E-state index in [-0.39, 0.29) is 17.9 Å². The average Bonchev–Trinajstić information content (AvgIpc) is 3.23. The van der Waals surface area contributed by atoms with Crippen molar-refractivity contribution in [3.63, 3.8) is 0 Å². The third-order valence-corrected chi connectivity index (χ3v) is 5.41. The SMILES string of the molecule is CC.Cc1ccc(N2CCN(c3cccc(C(=N)N(C=N)C(C)C)n3)C2=O)cc1C(C)C.OO. The molecule has 1 aliphatic rings. The number of amides is 2. The molecule has 1 aliphatic heterocycles. The van der Waals surface area contributed by atoms with Gasteiger partial charge in [0.1, 0.15) is 11.5 Å². The third kappa shape index (κ3) is 6.39. The van der Waals surface area contributed by atoms with Gasteiger partial charge in [-0.15, -0.1) is 0 Å². The molecule has 3 rings (SSSR count). The van der Waals surface area contributed by atoms with E-state index in [0.717, 1.165) is 12.0 Å². The van der Waals surface area contributed by atoms with Gasteiger partial charge in [-0.05, 0) is 62.1 Å². The monoisotopic (exact) mass is 470 g/mol. The number of benzene rings is 1. The molecule has 0 bridgehead atoms. The quantitative estimate of drug-likeness (QED) is 0.188. The van der Waals surface area contributed by atoms with Crippen LogP contribution in [0.3, 0.4) is 0 Å². The van der Waals surface area contributed by atoms with Crippen LogP contribution < -0.4 is 9.80 Å². The lowest BCUT2D eigenvalue weighted by molar-refractivity contribution is -0.176. The molecule has 1 aromatic carbocycles. The number of amidine groups is 1. The summed E-state index contributed by atoms with van der Waals surface area (Å²) >= 11 is 0. The molecule has 34 heavy (non-hydrogen) atoms. The van der Waals surface area contributed by atoms with E-state index < -0.39 is 0 Å². The van der Waals surface area contributed by atoms with Gasteiger partial charge in [0, 0.05) is 24.8 Å². The number of hydrogen-bond donors (Lipinski definition) is 4. The highest BCUT2D eigenvalue weighted by atomic mass is 17.0. The first-order valence-electron chi connectivity index (χ1n) is 11.5. The molecule has 186 valence electrons. The number of aryl methyl sites for hydroxylation is 1. The van der Waals surface area contributed by atoms with Crippen LogP contribution in [0, 0.1) is 17.7 Å². The van der Waals surface area contributed by atoms with Crippen LogP contribution >= 0.6 is 0 Å². The molecule has 1 aromatic heterocycles. The fourth-order valence-electron chi connectivity index (χ4n) is 3.72. The standard InChI is InChI=1S/C23H30N6O.C2H6.H2O2/c1-15(2)19-13-18(10-9-17(19)5)27-11-12-28(23(27)30)21-8-6-7-20(26-21)22(25)29(14-24)16(3)4;2*1-2/h6-10,13-16,24-25H,11-12H2,1-5H3;1-2H3;1-2H. The zero-order valence-corrected chi connectivity index (χ0v) is 21.2. The van der Waals surface area contributed by atoms with Crippen LogP contribution in [-0.2, 0) is 0 Å². The van der Waals surface area contributed by atoms with Gasteiger partial charge in [-0.3, -0.25) is 31.1 Å². The van der Waals surface area contributed by atoms with Crippen molar-refractivity contribution in [3.8, 4) is 0 Å². The first-order chi connectivity index (χ1) is 16.2. The fourth-order valence-corrected chi connectivity index (χ4v) is 3.72. The predicted octanol–water partition coefficient (Wildman–Crippen LogP) is 5.65. The Bertz CT molecular complexity index is 977. The van der Waals surface area contributed by atoms with E-state index in [9.17, 15) is 4.79 Å². The number of pyridine rings is 1. The van der Waals surface area contributed by atoms with E-state index in [1.54, 1.807) is 28.0 Å². The molecular weight excluding hydrogens is 432 g/mol. The smallest absolute Gasteiger partial charge is 0.314 e. The number of rotatable bonds is 6. The third-order valence-electron chi connectivity index (χ3n) is 5.41. The van der Waals surface area contributed by atoms with Crippen LogP contribution in [0.1, 0.15) is 64.3 Å². The number of urea groups is 1. The molecule has 9 nitrogen and oxygen atoms in total. The molecule has 2 amide bonds. The largest absolute Gasteiger partial charge is 0.330 e.